The molecule has 2 aromatic heterocycles. The maximum Gasteiger partial charge on any atom is 0.288 e. The maximum absolute atomic E-state index is 12.0. The van der Waals surface area contributed by atoms with Crippen LogP contribution in [0.3, 0.4) is 0 Å². The van der Waals surface area contributed by atoms with Crippen molar-refractivity contribution < 1.29 is 9.72 Å². The molecule has 1 amide bonds. The van der Waals surface area contributed by atoms with Crippen LogP contribution in [0.1, 0.15) is 10.4 Å². The number of nitrogens with one attached hydrogen (secondary N) is 1. The summed E-state index contributed by atoms with van der Waals surface area (Å²) < 4.78 is 0.755. The highest BCUT2D eigenvalue weighted by molar-refractivity contribution is 9.10. The first-order valence-electron chi connectivity index (χ1n) is 5.20. The third-order valence-electron chi connectivity index (χ3n) is 2.25. The molecule has 0 aliphatic rings. The fourth-order valence-corrected chi connectivity index (χ4v) is 1.75. The number of hydrogen-bond donors (Lipinski definition) is 1. The molecule has 0 fully saturated rings. The predicted molar refractivity (Wildman–Crippen MR) is 75.8 cm³/mol. The van der Waals surface area contributed by atoms with Crippen molar-refractivity contribution in [3.63, 3.8) is 0 Å². The number of nitrogens with zero attached hydrogens (tertiary/aromatic N) is 3. The second kappa shape index (κ2) is 5.93. The van der Waals surface area contributed by atoms with E-state index >= 15 is 0 Å². The zero-order chi connectivity index (χ0) is 14.7. The number of carbonyl (C=O) groups is 1. The summed E-state index contributed by atoms with van der Waals surface area (Å²) in [6.07, 6.45) is 2.49. The van der Waals surface area contributed by atoms with Gasteiger partial charge in [0, 0.05) is 16.7 Å². The normalized spacial score (nSPS) is 10.1. The second-order valence-electron chi connectivity index (χ2n) is 3.60. The molecule has 0 aromatic carbocycles. The van der Waals surface area contributed by atoms with Gasteiger partial charge in [-0.15, -0.1) is 0 Å². The van der Waals surface area contributed by atoms with Crippen LogP contribution in [-0.4, -0.2) is 20.8 Å². The van der Waals surface area contributed by atoms with E-state index in [0.717, 1.165) is 16.7 Å². The second-order valence-corrected chi connectivity index (χ2v) is 4.88. The minimum absolute atomic E-state index is 0.0921. The molecule has 102 valence electrons. The van der Waals surface area contributed by atoms with Gasteiger partial charge in [0.1, 0.15) is 17.2 Å². The molecule has 9 heteroatoms. The van der Waals surface area contributed by atoms with Gasteiger partial charge in [0.25, 0.3) is 11.6 Å². The molecule has 0 aliphatic carbocycles. The first-order chi connectivity index (χ1) is 9.47. The van der Waals surface area contributed by atoms with E-state index in [-0.39, 0.29) is 16.4 Å². The standard InChI is InChI=1S/C11H6BrClN4O3/c12-6-1-2-9(14-4-6)16-11(18)8-3-7(17(19)20)5-15-10(8)13/h1-5H,(H,14,16,18). The Morgan fingerprint density at radius 1 is 1.35 bits per heavy atom. The molecule has 0 unspecified atom stereocenters. The van der Waals surface area contributed by atoms with Crippen LogP contribution in [0.4, 0.5) is 11.5 Å². The number of aromatic nitrogens is 2. The lowest BCUT2D eigenvalue weighted by Gasteiger charge is -2.05. The van der Waals surface area contributed by atoms with Gasteiger partial charge in [-0.05, 0) is 28.1 Å². The van der Waals surface area contributed by atoms with E-state index in [1.54, 1.807) is 12.1 Å². The van der Waals surface area contributed by atoms with E-state index in [2.05, 4.69) is 31.2 Å². The van der Waals surface area contributed by atoms with Crippen LogP contribution >= 0.6 is 27.5 Å². The van der Waals surface area contributed by atoms with Crippen LogP contribution in [0.25, 0.3) is 0 Å². The van der Waals surface area contributed by atoms with Gasteiger partial charge in [0.2, 0.25) is 0 Å². The van der Waals surface area contributed by atoms with Crippen molar-refractivity contribution in [3.05, 3.63) is 55.9 Å². The number of pyridine rings is 2. The fraction of sp³-hybridized carbons (Fsp3) is 0. The lowest BCUT2D eigenvalue weighted by Crippen LogP contribution is -2.14. The van der Waals surface area contributed by atoms with Crippen molar-refractivity contribution in [2.75, 3.05) is 5.32 Å². The Morgan fingerprint density at radius 2 is 2.10 bits per heavy atom. The number of rotatable bonds is 3. The van der Waals surface area contributed by atoms with Crippen LogP contribution in [-0.2, 0) is 0 Å². The largest absolute Gasteiger partial charge is 0.306 e. The van der Waals surface area contributed by atoms with Crippen LogP contribution in [0.15, 0.2) is 35.1 Å². The molecule has 1 N–H and O–H groups in total. The molecule has 2 rings (SSSR count). The summed E-state index contributed by atoms with van der Waals surface area (Å²) in [7, 11) is 0. The molecule has 0 saturated carbocycles. The number of nitro groups is 1. The summed E-state index contributed by atoms with van der Waals surface area (Å²) in [6.45, 7) is 0. The molecule has 7 nitrogen and oxygen atoms in total. The van der Waals surface area contributed by atoms with Crippen LogP contribution in [0, 0.1) is 10.1 Å². The molecule has 0 atom stereocenters. The Morgan fingerprint density at radius 3 is 2.70 bits per heavy atom. The Kier molecular flexibility index (Phi) is 4.26. The summed E-state index contributed by atoms with van der Waals surface area (Å²) in [5.74, 6) is -0.332. The first kappa shape index (κ1) is 14.4. The van der Waals surface area contributed by atoms with E-state index in [1.807, 2.05) is 0 Å². The predicted octanol–water partition coefficient (Wildman–Crippen LogP) is 3.05. The summed E-state index contributed by atoms with van der Waals surface area (Å²) >= 11 is 8.98. The Balaban J connectivity index is 2.26. The van der Waals surface area contributed by atoms with Crippen molar-refractivity contribution in [3.8, 4) is 0 Å². The van der Waals surface area contributed by atoms with E-state index in [1.165, 1.54) is 6.20 Å². The summed E-state index contributed by atoms with van der Waals surface area (Å²) in [6, 6.07) is 4.32. The number of halogens is 2. The summed E-state index contributed by atoms with van der Waals surface area (Å²) in [5.41, 5.74) is -0.408. The van der Waals surface area contributed by atoms with E-state index in [9.17, 15) is 14.9 Å². The van der Waals surface area contributed by atoms with E-state index in [4.69, 9.17) is 11.6 Å². The average molecular weight is 358 g/mol. The lowest BCUT2D eigenvalue weighted by atomic mass is 10.2. The SMILES string of the molecule is O=C(Nc1ccc(Br)cn1)c1cc([N+](=O)[O-])cnc1Cl. The van der Waals surface area contributed by atoms with Crippen molar-refractivity contribution in [2.24, 2.45) is 0 Å². The third kappa shape index (κ3) is 3.28. The minimum atomic E-state index is -0.655. The average Bonchev–Trinajstić information content (AvgIpc) is 2.41. The highest BCUT2D eigenvalue weighted by atomic mass is 79.9. The number of hydrogen-bond acceptors (Lipinski definition) is 5. The Labute approximate surface area is 126 Å². The fourth-order valence-electron chi connectivity index (χ4n) is 1.33. The monoisotopic (exact) mass is 356 g/mol. The van der Waals surface area contributed by atoms with E-state index in [0.29, 0.717) is 5.82 Å². The van der Waals surface area contributed by atoms with Crippen molar-refractivity contribution in [1.82, 2.24) is 9.97 Å². The summed E-state index contributed by atoms with van der Waals surface area (Å²) in [5, 5.41) is 13.0. The first-order valence-corrected chi connectivity index (χ1v) is 6.37. The molecule has 0 spiro atoms. The number of anilines is 1. The number of carbonyl (C=O) groups excluding carboxylic acids is 1. The molecule has 0 bridgehead atoms. The molecule has 20 heavy (non-hydrogen) atoms. The number of amides is 1. The van der Waals surface area contributed by atoms with Gasteiger partial charge in [-0.25, -0.2) is 9.97 Å². The minimum Gasteiger partial charge on any atom is -0.306 e. The van der Waals surface area contributed by atoms with Gasteiger partial charge < -0.3 is 5.32 Å². The lowest BCUT2D eigenvalue weighted by molar-refractivity contribution is -0.385. The van der Waals surface area contributed by atoms with E-state index < -0.39 is 10.8 Å². The Hall–Kier alpha value is -2.06. The molecule has 2 heterocycles. The zero-order valence-electron chi connectivity index (χ0n) is 9.71. The quantitative estimate of drug-likeness (QED) is 0.517. The topological polar surface area (TPSA) is 98.0 Å². The van der Waals surface area contributed by atoms with Crippen LogP contribution in [0.2, 0.25) is 5.15 Å². The Bertz CT molecular complexity index is 678. The smallest absolute Gasteiger partial charge is 0.288 e. The summed E-state index contributed by atoms with van der Waals surface area (Å²) in [4.78, 5) is 29.6. The van der Waals surface area contributed by atoms with Crippen LogP contribution in [0.5, 0.6) is 0 Å². The van der Waals surface area contributed by atoms with Crippen molar-refractivity contribution >= 4 is 44.9 Å². The van der Waals surface area contributed by atoms with Gasteiger partial charge in [-0.2, -0.15) is 0 Å². The van der Waals surface area contributed by atoms with Gasteiger partial charge in [-0.1, -0.05) is 11.6 Å². The van der Waals surface area contributed by atoms with Crippen LogP contribution < -0.4 is 5.32 Å². The maximum atomic E-state index is 12.0. The van der Waals surface area contributed by atoms with Crippen molar-refractivity contribution in [1.29, 1.82) is 0 Å². The highest BCUT2D eigenvalue weighted by Crippen LogP contribution is 2.20. The third-order valence-corrected chi connectivity index (χ3v) is 3.02. The molecular formula is C11H6BrClN4O3. The molecular weight excluding hydrogens is 352 g/mol. The molecule has 0 saturated heterocycles. The highest BCUT2D eigenvalue weighted by Gasteiger charge is 2.17. The zero-order valence-corrected chi connectivity index (χ0v) is 12.1. The van der Waals surface area contributed by atoms with Gasteiger partial charge in [0.15, 0.2) is 0 Å². The molecule has 0 aliphatic heterocycles. The molecule has 2 aromatic rings. The van der Waals surface area contributed by atoms with Gasteiger partial charge in [0.05, 0.1) is 10.5 Å². The van der Waals surface area contributed by atoms with Gasteiger partial charge >= 0.3 is 0 Å². The van der Waals surface area contributed by atoms with Crippen molar-refractivity contribution in [2.45, 2.75) is 0 Å². The molecule has 0 radical (unpaired) electrons. The van der Waals surface area contributed by atoms with Gasteiger partial charge in [-0.3, -0.25) is 14.9 Å².